The van der Waals surface area contributed by atoms with Gasteiger partial charge in [-0.05, 0) is 30.2 Å². The normalized spacial score (nSPS) is 19.7. The summed E-state index contributed by atoms with van der Waals surface area (Å²) in [5.41, 5.74) is 3.36. The zero-order valence-corrected chi connectivity index (χ0v) is 13.3. The van der Waals surface area contributed by atoms with Crippen LogP contribution in [-0.4, -0.2) is 22.9 Å². The monoisotopic (exact) mass is 313 g/mol. The van der Waals surface area contributed by atoms with Crippen LogP contribution in [0.15, 0.2) is 53.4 Å². The van der Waals surface area contributed by atoms with E-state index in [4.69, 9.17) is 0 Å². The van der Waals surface area contributed by atoms with Crippen molar-refractivity contribution in [2.45, 2.75) is 30.4 Å². The molecule has 0 bridgehead atoms. The molecule has 0 saturated carbocycles. The maximum absolute atomic E-state index is 12.2. The molecule has 3 rings (SSSR count). The van der Waals surface area contributed by atoms with Crippen LogP contribution in [0.5, 0.6) is 0 Å². The van der Waals surface area contributed by atoms with E-state index >= 15 is 0 Å². The van der Waals surface area contributed by atoms with Crippen molar-refractivity contribution < 1.29 is 9.90 Å². The summed E-state index contributed by atoms with van der Waals surface area (Å²) in [6, 6.07) is 15.7. The Hall–Kier alpha value is -1.78. The highest BCUT2D eigenvalue weighted by atomic mass is 32.2. The maximum atomic E-state index is 12.2. The molecule has 4 heteroatoms. The van der Waals surface area contributed by atoms with Gasteiger partial charge in [-0.2, -0.15) is 0 Å². The molecule has 0 radical (unpaired) electrons. The van der Waals surface area contributed by atoms with E-state index in [1.807, 2.05) is 55.5 Å². The first kappa shape index (κ1) is 15.1. The van der Waals surface area contributed by atoms with Crippen LogP contribution >= 0.6 is 11.8 Å². The summed E-state index contributed by atoms with van der Waals surface area (Å²) in [6.07, 6.45) is 0.0670. The van der Waals surface area contributed by atoms with Crippen LogP contribution in [0.4, 0.5) is 0 Å². The lowest BCUT2D eigenvalue weighted by atomic mass is 10.1. The minimum absolute atomic E-state index is 0.0497. The molecular formula is C18H19NO2S. The second kappa shape index (κ2) is 6.55. The Morgan fingerprint density at radius 1 is 1.23 bits per heavy atom. The van der Waals surface area contributed by atoms with E-state index in [9.17, 15) is 9.90 Å². The topological polar surface area (TPSA) is 49.3 Å². The number of nitrogens with one attached hydrogen (secondary N) is 1. The third-order valence-corrected chi connectivity index (χ3v) is 4.92. The van der Waals surface area contributed by atoms with Gasteiger partial charge in [-0.1, -0.05) is 42.0 Å². The number of aryl methyl sites for hydroxylation is 1. The standard InChI is InChI=1S/C18H19NO2S/c1-12-6-8-14(9-7-12)22-11-17(21)19-18-15-5-3-2-4-13(15)10-16(18)20/h2-9,16,18,20H,10-11H2,1H3,(H,19,21). The molecule has 0 saturated heterocycles. The summed E-state index contributed by atoms with van der Waals surface area (Å²) in [5, 5.41) is 13.1. The second-order valence-corrected chi connectivity index (χ2v) is 6.67. The minimum Gasteiger partial charge on any atom is -0.390 e. The summed E-state index contributed by atoms with van der Waals surface area (Å²) in [5.74, 6) is 0.306. The molecule has 22 heavy (non-hydrogen) atoms. The van der Waals surface area contributed by atoms with Crippen LogP contribution in [0.25, 0.3) is 0 Å². The van der Waals surface area contributed by atoms with Crippen molar-refractivity contribution in [2.24, 2.45) is 0 Å². The number of benzene rings is 2. The van der Waals surface area contributed by atoms with E-state index in [0.717, 1.165) is 16.0 Å². The van der Waals surface area contributed by atoms with E-state index in [-0.39, 0.29) is 11.9 Å². The summed E-state index contributed by atoms with van der Waals surface area (Å²) >= 11 is 1.51. The van der Waals surface area contributed by atoms with Gasteiger partial charge in [-0.3, -0.25) is 4.79 Å². The molecule has 1 amide bonds. The molecule has 2 aromatic carbocycles. The fourth-order valence-electron chi connectivity index (χ4n) is 2.75. The Bertz CT molecular complexity index is 669. The molecule has 2 N–H and O–H groups in total. The number of hydrogen-bond acceptors (Lipinski definition) is 3. The third-order valence-electron chi connectivity index (χ3n) is 3.91. The number of carbonyl (C=O) groups is 1. The lowest BCUT2D eigenvalue weighted by Gasteiger charge is -2.17. The first-order valence-corrected chi connectivity index (χ1v) is 8.37. The Morgan fingerprint density at radius 2 is 1.95 bits per heavy atom. The Balaban J connectivity index is 1.59. The summed E-state index contributed by atoms with van der Waals surface area (Å²) in [7, 11) is 0. The van der Waals surface area contributed by atoms with Crippen molar-refractivity contribution in [3.63, 3.8) is 0 Å². The maximum Gasteiger partial charge on any atom is 0.230 e. The number of rotatable bonds is 4. The summed E-state index contributed by atoms with van der Waals surface area (Å²) in [6.45, 7) is 2.04. The second-order valence-electron chi connectivity index (χ2n) is 5.62. The lowest BCUT2D eigenvalue weighted by Crippen LogP contribution is -2.34. The van der Waals surface area contributed by atoms with E-state index in [2.05, 4.69) is 5.32 Å². The first-order valence-electron chi connectivity index (χ1n) is 7.38. The van der Waals surface area contributed by atoms with Gasteiger partial charge in [0.25, 0.3) is 0 Å². The van der Waals surface area contributed by atoms with E-state index < -0.39 is 6.10 Å². The zero-order valence-electron chi connectivity index (χ0n) is 12.5. The molecule has 2 atom stereocenters. The van der Waals surface area contributed by atoms with Gasteiger partial charge in [0.2, 0.25) is 5.91 Å². The van der Waals surface area contributed by atoms with Crippen molar-refractivity contribution in [1.82, 2.24) is 5.32 Å². The predicted octanol–water partition coefficient (Wildman–Crippen LogP) is 2.86. The van der Waals surface area contributed by atoms with Crippen LogP contribution in [0.2, 0.25) is 0 Å². The fraction of sp³-hybridized carbons (Fsp3) is 0.278. The molecule has 0 aliphatic heterocycles. The van der Waals surface area contributed by atoms with Gasteiger partial charge in [0.05, 0.1) is 17.9 Å². The van der Waals surface area contributed by atoms with Gasteiger partial charge < -0.3 is 10.4 Å². The number of amides is 1. The average Bonchev–Trinajstić information content (AvgIpc) is 2.83. The molecule has 1 aliphatic carbocycles. The largest absolute Gasteiger partial charge is 0.390 e. The SMILES string of the molecule is Cc1ccc(SCC(=O)NC2c3ccccc3CC2O)cc1. The highest BCUT2D eigenvalue weighted by molar-refractivity contribution is 8.00. The van der Waals surface area contributed by atoms with Crippen LogP contribution in [0.1, 0.15) is 22.7 Å². The Morgan fingerprint density at radius 3 is 2.73 bits per heavy atom. The summed E-state index contributed by atoms with van der Waals surface area (Å²) in [4.78, 5) is 13.2. The fourth-order valence-corrected chi connectivity index (χ4v) is 3.46. The van der Waals surface area contributed by atoms with Gasteiger partial charge in [-0.15, -0.1) is 11.8 Å². The predicted molar refractivity (Wildman–Crippen MR) is 88.9 cm³/mol. The third kappa shape index (κ3) is 3.34. The summed E-state index contributed by atoms with van der Waals surface area (Å²) < 4.78 is 0. The van der Waals surface area contributed by atoms with Crippen molar-refractivity contribution in [3.05, 3.63) is 65.2 Å². The van der Waals surface area contributed by atoms with Crippen LogP contribution in [0.3, 0.4) is 0 Å². The minimum atomic E-state index is -0.536. The molecular weight excluding hydrogens is 294 g/mol. The molecule has 0 heterocycles. The quantitative estimate of drug-likeness (QED) is 0.853. The highest BCUT2D eigenvalue weighted by Crippen LogP contribution is 2.31. The number of aliphatic hydroxyl groups is 1. The first-order chi connectivity index (χ1) is 10.6. The molecule has 0 aromatic heterocycles. The van der Waals surface area contributed by atoms with Crippen LogP contribution in [0, 0.1) is 6.92 Å². The molecule has 1 aliphatic rings. The van der Waals surface area contributed by atoms with Crippen molar-refractivity contribution in [1.29, 1.82) is 0 Å². The van der Waals surface area contributed by atoms with Crippen LogP contribution < -0.4 is 5.32 Å². The molecule has 2 aromatic rings. The Labute approximate surface area is 134 Å². The number of hydrogen-bond donors (Lipinski definition) is 2. The number of carbonyl (C=O) groups excluding carboxylic acids is 1. The van der Waals surface area contributed by atoms with Crippen molar-refractivity contribution >= 4 is 17.7 Å². The lowest BCUT2D eigenvalue weighted by molar-refractivity contribution is -0.120. The molecule has 114 valence electrons. The number of thioether (sulfide) groups is 1. The highest BCUT2D eigenvalue weighted by Gasteiger charge is 2.31. The molecule has 2 unspecified atom stereocenters. The van der Waals surface area contributed by atoms with E-state index in [0.29, 0.717) is 12.2 Å². The number of aliphatic hydroxyl groups excluding tert-OH is 1. The van der Waals surface area contributed by atoms with Gasteiger partial charge >= 0.3 is 0 Å². The van der Waals surface area contributed by atoms with Gasteiger partial charge in [-0.25, -0.2) is 0 Å². The van der Waals surface area contributed by atoms with Crippen molar-refractivity contribution in [3.8, 4) is 0 Å². The molecule has 3 nitrogen and oxygen atoms in total. The number of fused-ring (bicyclic) bond motifs is 1. The van der Waals surface area contributed by atoms with E-state index in [1.54, 1.807) is 0 Å². The Kier molecular flexibility index (Phi) is 4.50. The smallest absolute Gasteiger partial charge is 0.230 e. The molecule has 0 spiro atoms. The molecule has 0 fully saturated rings. The van der Waals surface area contributed by atoms with Gasteiger partial charge in [0.15, 0.2) is 0 Å². The zero-order chi connectivity index (χ0) is 15.5. The van der Waals surface area contributed by atoms with Gasteiger partial charge in [0, 0.05) is 11.3 Å². The average molecular weight is 313 g/mol. The van der Waals surface area contributed by atoms with Crippen molar-refractivity contribution in [2.75, 3.05) is 5.75 Å². The van der Waals surface area contributed by atoms with Crippen LogP contribution in [-0.2, 0) is 11.2 Å². The van der Waals surface area contributed by atoms with Gasteiger partial charge in [0.1, 0.15) is 0 Å². The van der Waals surface area contributed by atoms with E-state index in [1.165, 1.54) is 17.3 Å².